The Hall–Kier alpha value is -1.32. The molecule has 0 aliphatic heterocycles. The lowest BCUT2D eigenvalue weighted by molar-refractivity contribution is -0.140. The zero-order valence-corrected chi connectivity index (χ0v) is 10.2. The minimum atomic E-state index is -0.589. The summed E-state index contributed by atoms with van der Waals surface area (Å²) in [5, 5.41) is 0. The number of esters is 1. The molecule has 0 rings (SSSR count). The Kier molecular flexibility index (Phi) is 8.21. The Morgan fingerprint density at radius 2 is 1.81 bits per heavy atom. The van der Waals surface area contributed by atoms with Crippen LogP contribution in [0.4, 0.5) is 0 Å². The molecule has 0 aromatic heterocycles. The van der Waals surface area contributed by atoms with Crippen molar-refractivity contribution in [3.8, 4) is 0 Å². The first-order valence-corrected chi connectivity index (χ1v) is 5.69. The molecule has 4 nitrogen and oxygen atoms in total. The van der Waals surface area contributed by atoms with Crippen LogP contribution in [0.1, 0.15) is 40.0 Å². The van der Waals surface area contributed by atoms with Crippen molar-refractivity contribution in [3.63, 3.8) is 0 Å². The molecule has 0 aliphatic rings. The van der Waals surface area contributed by atoms with E-state index in [-0.39, 0.29) is 11.4 Å². The Labute approximate surface area is 96.6 Å². The van der Waals surface area contributed by atoms with Crippen molar-refractivity contribution in [3.05, 3.63) is 11.8 Å². The van der Waals surface area contributed by atoms with Crippen LogP contribution in [-0.2, 0) is 19.1 Å². The highest BCUT2D eigenvalue weighted by atomic mass is 16.5. The van der Waals surface area contributed by atoms with E-state index in [2.05, 4.69) is 0 Å². The van der Waals surface area contributed by atoms with Crippen molar-refractivity contribution in [2.24, 2.45) is 0 Å². The highest BCUT2D eigenvalue weighted by Crippen LogP contribution is 2.06. The van der Waals surface area contributed by atoms with E-state index in [0.29, 0.717) is 26.1 Å². The summed E-state index contributed by atoms with van der Waals surface area (Å²) in [5.41, 5.74) is 0.0113. The molecule has 16 heavy (non-hydrogen) atoms. The summed E-state index contributed by atoms with van der Waals surface area (Å²) < 4.78 is 9.89. The number of hydrogen-bond donors (Lipinski definition) is 0. The third-order valence-corrected chi connectivity index (χ3v) is 1.80. The number of hydrogen-bond acceptors (Lipinski definition) is 4. The Morgan fingerprint density at radius 3 is 2.31 bits per heavy atom. The average molecular weight is 228 g/mol. The zero-order chi connectivity index (χ0) is 12.4. The Bertz CT molecular complexity index is 256. The molecule has 0 saturated heterocycles. The van der Waals surface area contributed by atoms with E-state index in [1.165, 1.54) is 6.26 Å². The van der Waals surface area contributed by atoms with Gasteiger partial charge < -0.3 is 9.47 Å². The third kappa shape index (κ3) is 5.53. The average Bonchev–Trinajstić information content (AvgIpc) is 2.27. The van der Waals surface area contributed by atoms with Crippen LogP contribution in [-0.4, -0.2) is 25.0 Å². The van der Waals surface area contributed by atoms with Crippen LogP contribution < -0.4 is 0 Å². The molecule has 92 valence electrons. The number of ketones is 1. The molecule has 0 spiro atoms. The van der Waals surface area contributed by atoms with Crippen molar-refractivity contribution in [1.29, 1.82) is 0 Å². The van der Waals surface area contributed by atoms with Gasteiger partial charge in [0.2, 0.25) is 0 Å². The summed E-state index contributed by atoms with van der Waals surface area (Å²) in [7, 11) is 0. The van der Waals surface area contributed by atoms with Crippen LogP contribution in [0.3, 0.4) is 0 Å². The van der Waals surface area contributed by atoms with Gasteiger partial charge in [0.1, 0.15) is 11.8 Å². The molecule has 0 atom stereocenters. The second-order valence-electron chi connectivity index (χ2n) is 3.30. The molecule has 0 heterocycles. The quantitative estimate of drug-likeness (QED) is 0.210. The summed E-state index contributed by atoms with van der Waals surface area (Å²) in [5.74, 6) is -0.814. The highest BCUT2D eigenvalue weighted by Gasteiger charge is 2.19. The maximum atomic E-state index is 11.6. The molecule has 0 bridgehead atoms. The van der Waals surface area contributed by atoms with Gasteiger partial charge in [0.15, 0.2) is 5.78 Å². The highest BCUT2D eigenvalue weighted by molar-refractivity contribution is 6.17. The standard InChI is InChI=1S/C12H20O4/c1-4-7-11(13)10(9-15-6-3)12(14)16-8-5-2/h9H,4-8H2,1-3H3/b10-9+. The van der Waals surface area contributed by atoms with Gasteiger partial charge in [0.05, 0.1) is 13.2 Å². The molecule has 4 heteroatoms. The maximum absolute atomic E-state index is 11.6. The SMILES string of the molecule is CCCOC(=O)/C(=C/OCC)C(=O)CCC. The van der Waals surface area contributed by atoms with Crippen LogP contribution in [0.25, 0.3) is 0 Å². The summed E-state index contributed by atoms with van der Waals surface area (Å²) in [6, 6.07) is 0. The van der Waals surface area contributed by atoms with Gasteiger partial charge in [0, 0.05) is 6.42 Å². The van der Waals surface area contributed by atoms with Crippen LogP contribution in [0.15, 0.2) is 11.8 Å². The van der Waals surface area contributed by atoms with Gasteiger partial charge in [-0.25, -0.2) is 4.79 Å². The van der Waals surface area contributed by atoms with Gasteiger partial charge in [-0.05, 0) is 19.8 Å². The number of Topliss-reactive ketones (excluding diaryl/α,β-unsaturated/α-hetero) is 1. The molecule has 0 aromatic carbocycles. The first-order valence-electron chi connectivity index (χ1n) is 5.69. The molecular formula is C12H20O4. The minimum Gasteiger partial charge on any atom is -0.500 e. The van der Waals surface area contributed by atoms with Gasteiger partial charge in [-0.1, -0.05) is 13.8 Å². The van der Waals surface area contributed by atoms with Crippen LogP contribution in [0, 0.1) is 0 Å². The summed E-state index contributed by atoms with van der Waals surface area (Å²) in [4.78, 5) is 23.1. The van der Waals surface area contributed by atoms with Crippen LogP contribution in [0.2, 0.25) is 0 Å². The predicted molar refractivity (Wildman–Crippen MR) is 60.9 cm³/mol. The first kappa shape index (κ1) is 14.7. The van der Waals surface area contributed by atoms with Crippen LogP contribution >= 0.6 is 0 Å². The fourth-order valence-corrected chi connectivity index (χ4v) is 1.03. The Balaban J connectivity index is 4.53. The van der Waals surface area contributed by atoms with Crippen molar-refractivity contribution in [2.75, 3.05) is 13.2 Å². The number of ether oxygens (including phenoxy) is 2. The van der Waals surface area contributed by atoms with E-state index in [9.17, 15) is 9.59 Å². The molecule has 0 N–H and O–H groups in total. The third-order valence-electron chi connectivity index (χ3n) is 1.80. The van der Waals surface area contributed by atoms with E-state index in [1.807, 2.05) is 13.8 Å². The van der Waals surface area contributed by atoms with Crippen molar-refractivity contribution < 1.29 is 19.1 Å². The number of carbonyl (C=O) groups is 2. The molecule has 0 aliphatic carbocycles. The molecule has 0 radical (unpaired) electrons. The molecule has 0 amide bonds. The van der Waals surface area contributed by atoms with E-state index in [1.54, 1.807) is 6.92 Å². The van der Waals surface area contributed by atoms with E-state index >= 15 is 0 Å². The van der Waals surface area contributed by atoms with Gasteiger partial charge >= 0.3 is 5.97 Å². The second kappa shape index (κ2) is 8.95. The van der Waals surface area contributed by atoms with E-state index in [0.717, 1.165) is 6.42 Å². The summed E-state index contributed by atoms with van der Waals surface area (Å²) in [6.45, 7) is 6.31. The molecule has 0 aromatic rings. The largest absolute Gasteiger partial charge is 0.500 e. The lowest BCUT2D eigenvalue weighted by atomic mass is 10.1. The van der Waals surface area contributed by atoms with Crippen LogP contribution in [0.5, 0.6) is 0 Å². The van der Waals surface area contributed by atoms with E-state index in [4.69, 9.17) is 9.47 Å². The molecule has 0 fully saturated rings. The lowest BCUT2D eigenvalue weighted by Gasteiger charge is -2.06. The summed E-state index contributed by atoms with van der Waals surface area (Å²) >= 11 is 0. The minimum absolute atomic E-state index is 0.0113. The molecular weight excluding hydrogens is 208 g/mol. The zero-order valence-electron chi connectivity index (χ0n) is 10.2. The van der Waals surface area contributed by atoms with Crippen molar-refractivity contribution in [1.82, 2.24) is 0 Å². The predicted octanol–water partition coefficient (Wildman–Crippen LogP) is 2.23. The van der Waals surface area contributed by atoms with E-state index < -0.39 is 5.97 Å². The van der Waals surface area contributed by atoms with Crippen molar-refractivity contribution in [2.45, 2.75) is 40.0 Å². The second-order valence-corrected chi connectivity index (χ2v) is 3.30. The monoisotopic (exact) mass is 228 g/mol. The molecule has 0 saturated carbocycles. The first-order chi connectivity index (χ1) is 7.67. The number of carbonyl (C=O) groups excluding carboxylic acids is 2. The van der Waals surface area contributed by atoms with Gasteiger partial charge in [-0.2, -0.15) is 0 Å². The topological polar surface area (TPSA) is 52.6 Å². The van der Waals surface area contributed by atoms with Gasteiger partial charge in [0.25, 0.3) is 0 Å². The smallest absolute Gasteiger partial charge is 0.344 e. The molecule has 0 unspecified atom stereocenters. The Morgan fingerprint density at radius 1 is 1.12 bits per heavy atom. The number of rotatable bonds is 8. The van der Waals surface area contributed by atoms with Gasteiger partial charge in [-0.3, -0.25) is 4.79 Å². The van der Waals surface area contributed by atoms with Gasteiger partial charge in [-0.15, -0.1) is 0 Å². The maximum Gasteiger partial charge on any atom is 0.344 e. The fraction of sp³-hybridized carbons (Fsp3) is 0.667. The van der Waals surface area contributed by atoms with Crippen molar-refractivity contribution >= 4 is 11.8 Å². The summed E-state index contributed by atoms with van der Waals surface area (Å²) in [6.07, 6.45) is 2.97. The lowest BCUT2D eigenvalue weighted by Crippen LogP contribution is -2.16. The normalized spacial score (nSPS) is 11.1. The fourth-order valence-electron chi connectivity index (χ4n) is 1.03.